The molecule has 0 aliphatic heterocycles. The molecule has 3 aromatic rings. The summed E-state index contributed by atoms with van der Waals surface area (Å²) in [4.78, 5) is 28.1. The predicted octanol–water partition coefficient (Wildman–Crippen LogP) is 5.58. The quantitative estimate of drug-likeness (QED) is 0.449. The number of carbonyl (C=O) groups excluding carboxylic acids is 2. The Labute approximate surface area is 203 Å². The van der Waals surface area contributed by atoms with E-state index in [2.05, 4.69) is 5.32 Å². The summed E-state index contributed by atoms with van der Waals surface area (Å²) >= 11 is 19.0. The van der Waals surface area contributed by atoms with E-state index < -0.39 is 6.04 Å². The molecule has 0 unspecified atom stereocenters. The van der Waals surface area contributed by atoms with Gasteiger partial charge in [0.05, 0.1) is 6.42 Å². The molecule has 0 fully saturated rings. The fourth-order valence-corrected chi connectivity index (χ4v) is 4.21. The first-order valence-electron chi connectivity index (χ1n) is 10.1. The van der Waals surface area contributed by atoms with E-state index in [-0.39, 0.29) is 24.8 Å². The number of nitrogens with zero attached hydrogens (tertiary/aromatic N) is 1. The lowest BCUT2D eigenvalue weighted by molar-refractivity contribution is -0.140. The topological polar surface area (TPSA) is 49.4 Å². The first kappa shape index (κ1) is 24.1. The van der Waals surface area contributed by atoms with Gasteiger partial charge in [0, 0.05) is 35.1 Å². The molecule has 0 saturated carbocycles. The van der Waals surface area contributed by atoms with Crippen LogP contribution in [-0.4, -0.2) is 29.8 Å². The standard InChI is InChI=1S/C25H23Cl3N2O2/c1-29-25(32)23(14-17-8-3-2-4-9-17)30(16-18-10-5-6-11-20(18)26)24(31)15-19-21(27)12-7-13-22(19)28/h2-13,23H,14-16H2,1H3,(H,29,32)/t23-/m1/s1. The maximum absolute atomic E-state index is 13.6. The van der Waals surface area contributed by atoms with Gasteiger partial charge in [-0.2, -0.15) is 0 Å². The lowest BCUT2D eigenvalue weighted by atomic mass is 10.0. The van der Waals surface area contributed by atoms with Crippen molar-refractivity contribution in [3.63, 3.8) is 0 Å². The minimum absolute atomic E-state index is 0.0365. The fraction of sp³-hybridized carbons (Fsp3) is 0.200. The molecule has 1 atom stereocenters. The Morgan fingerprint density at radius 1 is 0.844 bits per heavy atom. The molecule has 166 valence electrons. The summed E-state index contributed by atoms with van der Waals surface area (Å²) in [6.45, 7) is 0.172. The predicted molar refractivity (Wildman–Crippen MR) is 130 cm³/mol. The van der Waals surface area contributed by atoms with Crippen molar-refractivity contribution in [3.8, 4) is 0 Å². The number of halogens is 3. The fourth-order valence-electron chi connectivity index (χ4n) is 3.48. The molecule has 4 nitrogen and oxygen atoms in total. The average molecular weight is 490 g/mol. The lowest BCUT2D eigenvalue weighted by Gasteiger charge is -2.31. The molecular weight excluding hydrogens is 467 g/mol. The van der Waals surface area contributed by atoms with Gasteiger partial charge in [0.25, 0.3) is 0 Å². The van der Waals surface area contributed by atoms with E-state index in [1.54, 1.807) is 36.2 Å². The Morgan fingerprint density at radius 3 is 2.06 bits per heavy atom. The number of benzene rings is 3. The molecule has 0 radical (unpaired) electrons. The zero-order valence-electron chi connectivity index (χ0n) is 17.5. The Bertz CT molecular complexity index is 1070. The van der Waals surface area contributed by atoms with Crippen LogP contribution >= 0.6 is 34.8 Å². The number of carbonyl (C=O) groups is 2. The average Bonchev–Trinajstić information content (AvgIpc) is 2.80. The number of amides is 2. The van der Waals surface area contributed by atoms with Crippen LogP contribution in [0.2, 0.25) is 15.1 Å². The van der Waals surface area contributed by atoms with Gasteiger partial charge in [0.15, 0.2) is 0 Å². The van der Waals surface area contributed by atoms with E-state index in [1.165, 1.54) is 0 Å². The van der Waals surface area contributed by atoms with Gasteiger partial charge in [-0.1, -0.05) is 89.4 Å². The zero-order valence-corrected chi connectivity index (χ0v) is 19.8. The van der Waals surface area contributed by atoms with E-state index in [1.807, 2.05) is 48.5 Å². The smallest absolute Gasteiger partial charge is 0.242 e. The zero-order chi connectivity index (χ0) is 23.1. The summed E-state index contributed by atoms with van der Waals surface area (Å²) in [6.07, 6.45) is 0.318. The van der Waals surface area contributed by atoms with Crippen LogP contribution in [0.4, 0.5) is 0 Å². The molecule has 2 amide bonds. The molecule has 3 aromatic carbocycles. The van der Waals surface area contributed by atoms with Gasteiger partial charge in [-0.15, -0.1) is 0 Å². The Hall–Kier alpha value is -2.53. The van der Waals surface area contributed by atoms with E-state index in [0.29, 0.717) is 27.1 Å². The monoisotopic (exact) mass is 488 g/mol. The highest BCUT2D eigenvalue weighted by Crippen LogP contribution is 2.27. The van der Waals surface area contributed by atoms with Crippen LogP contribution in [0.3, 0.4) is 0 Å². The molecule has 32 heavy (non-hydrogen) atoms. The van der Waals surface area contributed by atoms with Crippen molar-refractivity contribution >= 4 is 46.6 Å². The third-order valence-electron chi connectivity index (χ3n) is 5.21. The summed E-state index contributed by atoms with van der Waals surface area (Å²) < 4.78 is 0. The number of hydrogen-bond donors (Lipinski definition) is 1. The van der Waals surface area contributed by atoms with Gasteiger partial charge in [-0.05, 0) is 34.9 Å². The van der Waals surface area contributed by atoms with E-state index in [0.717, 1.165) is 11.1 Å². The molecule has 0 aliphatic rings. The van der Waals surface area contributed by atoms with E-state index in [4.69, 9.17) is 34.8 Å². The van der Waals surface area contributed by atoms with Crippen LogP contribution in [0.1, 0.15) is 16.7 Å². The lowest BCUT2D eigenvalue weighted by Crippen LogP contribution is -2.50. The SMILES string of the molecule is CNC(=O)[C@@H](Cc1ccccc1)N(Cc1ccccc1Cl)C(=O)Cc1c(Cl)cccc1Cl. The van der Waals surface area contributed by atoms with Gasteiger partial charge in [0.1, 0.15) is 6.04 Å². The van der Waals surface area contributed by atoms with Crippen LogP contribution in [0, 0.1) is 0 Å². The van der Waals surface area contributed by atoms with Crippen LogP contribution in [0.25, 0.3) is 0 Å². The van der Waals surface area contributed by atoms with Crippen molar-refractivity contribution in [2.45, 2.75) is 25.4 Å². The number of rotatable bonds is 8. The third-order valence-corrected chi connectivity index (χ3v) is 6.28. The van der Waals surface area contributed by atoms with Crippen LogP contribution in [0.15, 0.2) is 72.8 Å². The van der Waals surface area contributed by atoms with Crippen molar-refractivity contribution in [2.24, 2.45) is 0 Å². The van der Waals surface area contributed by atoms with Crippen LogP contribution < -0.4 is 5.32 Å². The minimum Gasteiger partial charge on any atom is -0.357 e. The summed E-state index contributed by atoms with van der Waals surface area (Å²) in [6, 6.07) is 21.2. The van der Waals surface area contributed by atoms with Crippen molar-refractivity contribution in [1.29, 1.82) is 0 Å². The number of likely N-dealkylation sites (N-methyl/N-ethyl adjacent to an activating group) is 1. The van der Waals surface area contributed by atoms with E-state index in [9.17, 15) is 9.59 Å². The summed E-state index contributed by atoms with van der Waals surface area (Å²) in [5.74, 6) is -0.538. The van der Waals surface area contributed by atoms with Crippen molar-refractivity contribution in [2.75, 3.05) is 7.05 Å². The summed E-state index contributed by atoms with van der Waals surface area (Å²) in [5, 5.41) is 4.03. The number of nitrogens with one attached hydrogen (secondary N) is 1. The Morgan fingerprint density at radius 2 is 1.44 bits per heavy atom. The second kappa shape index (κ2) is 11.4. The highest BCUT2D eigenvalue weighted by atomic mass is 35.5. The maximum Gasteiger partial charge on any atom is 0.242 e. The van der Waals surface area contributed by atoms with Gasteiger partial charge < -0.3 is 10.2 Å². The van der Waals surface area contributed by atoms with E-state index >= 15 is 0 Å². The maximum atomic E-state index is 13.6. The van der Waals surface area contributed by atoms with Gasteiger partial charge >= 0.3 is 0 Å². The molecule has 3 rings (SSSR count). The van der Waals surface area contributed by atoms with Gasteiger partial charge in [0.2, 0.25) is 11.8 Å². The first-order chi connectivity index (χ1) is 15.4. The van der Waals surface area contributed by atoms with Crippen molar-refractivity contribution in [1.82, 2.24) is 10.2 Å². The van der Waals surface area contributed by atoms with Crippen molar-refractivity contribution in [3.05, 3.63) is 105 Å². The second-order valence-corrected chi connectivity index (χ2v) is 8.53. The minimum atomic E-state index is -0.743. The molecule has 7 heteroatoms. The summed E-state index contributed by atoms with van der Waals surface area (Å²) in [7, 11) is 1.56. The van der Waals surface area contributed by atoms with Crippen LogP contribution in [0.5, 0.6) is 0 Å². The molecule has 0 bridgehead atoms. The normalized spacial score (nSPS) is 11.6. The molecule has 0 saturated heterocycles. The highest BCUT2D eigenvalue weighted by Gasteiger charge is 2.30. The molecule has 0 aliphatic carbocycles. The molecule has 0 spiro atoms. The molecular formula is C25H23Cl3N2O2. The highest BCUT2D eigenvalue weighted by molar-refractivity contribution is 6.36. The largest absolute Gasteiger partial charge is 0.357 e. The Balaban J connectivity index is 1.99. The van der Waals surface area contributed by atoms with Gasteiger partial charge in [-0.25, -0.2) is 0 Å². The Kier molecular flexibility index (Phi) is 8.57. The molecule has 0 heterocycles. The third kappa shape index (κ3) is 6.04. The first-order valence-corrected chi connectivity index (χ1v) is 11.3. The van der Waals surface area contributed by atoms with Crippen LogP contribution in [-0.2, 0) is 29.0 Å². The molecule has 1 N–H and O–H groups in total. The number of hydrogen-bond acceptors (Lipinski definition) is 2. The summed E-state index contributed by atoms with van der Waals surface area (Å²) in [5.41, 5.74) is 2.21. The second-order valence-electron chi connectivity index (χ2n) is 7.31. The van der Waals surface area contributed by atoms with Gasteiger partial charge in [-0.3, -0.25) is 9.59 Å². The molecule has 0 aromatic heterocycles. The van der Waals surface area contributed by atoms with Crippen molar-refractivity contribution < 1.29 is 9.59 Å².